The number of methoxy groups -OCH3 is 1. The Kier molecular flexibility index (Phi) is 7.17. The molecule has 2 aromatic rings. The molecule has 0 fully saturated rings. The Bertz CT molecular complexity index is 860. The lowest BCUT2D eigenvalue weighted by Crippen LogP contribution is -2.30. The first-order chi connectivity index (χ1) is 13.3. The predicted molar refractivity (Wildman–Crippen MR) is 105 cm³/mol. The molecule has 1 heterocycles. The number of nitrogens with one attached hydrogen (secondary N) is 1. The van der Waals surface area contributed by atoms with Gasteiger partial charge in [-0.25, -0.2) is 4.79 Å². The van der Waals surface area contributed by atoms with Crippen LogP contribution in [-0.2, 0) is 27.9 Å². The van der Waals surface area contributed by atoms with Gasteiger partial charge in [-0.15, -0.1) is 0 Å². The number of aromatic nitrogens is 2. The van der Waals surface area contributed by atoms with Gasteiger partial charge in [0.25, 0.3) is 5.91 Å². The molecule has 8 nitrogen and oxygen atoms in total. The van der Waals surface area contributed by atoms with Crippen LogP contribution in [0.2, 0.25) is 0 Å². The fourth-order valence-electron chi connectivity index (χ4n) is 2.69. The lowest BCUT2D eigenvalue weighted by molar-refractivity contribution is -0.123. The number of benzene rings is 1. The van der Waals surface area contributed by atoms with Crippen molar-refractivity contribution in [3.63, 3.8) is 0 Å². The van der Waals surface area contributed by atoms with Crippen molar-refractivity contribution in [3.05, 3.63) is 40.7 Å². The van der Waals surface area contributed by atoms with Crippen molar-refractivity contribution in [1.29, 1.82) is 0 Å². The summed E-state index contributed by atoms with van der Waals surface area (Å²) >= 11 is 0. The highest BCUT2D eigenvalue weighted by Gasteiger charge is 2.22. The number of aryl methyl sites for hydroxylation is 2. The number of hydrogen-bond acceptors (Lipinski definition) is 6. The predicted octanol–water partition coefficient (Wildman–Crippen LogP) is 2.77. The van der Waals surface area contributed by atoms with E-state index < -0.39 is 18.0 Å². The van der Waals surface area contributed by atoms with Crippen molar-refractivity contribution in [1.82, 2.24) is 9.78 Å². The van der Waals surface area contributed by atoms with Crippen LogP contribution in [0.3, 0.4) is 0 Å². The minimum atomic E-state index is -0.969. The lowest BCUT2D eigenvalue weighted by Gasteiger charge is -2.15. The van der Waals surface area contributed by atoms with E-state index in [4.69, 9.17) is 14.2 Å². The standard InChI is InChI=1S/C20H27N3O5/c1-7-27-11-16-10-15(8-9-17(16)26-6)20(25)28-14(4)19(24)21-18-12(2)22-23(5)13(18)3/h8-10,14H,7,11H2,1-6H3,(H,21,24)/t14-/m1/s1. The van der Waals surface area contributed by atoms with Gasteiger partial charge in [-0.05, 0) is 45.9 Å². The van der Waals surface area contributed by atoms with E-state index >= 15 is 0 Å². The maximum atomic E-state index is 12.5. The lowest BCUT2D eigenvalue weighted by atomic mass is 10.1. The molecule has 0 bridgehead atoms. The summed E-state index contributed by atoms with van der Waals surface area (Å²) in [6, 6.07) is 4.92. The summed E-state index contributed by atoms with van der Waals surface area (Å²) in [6.45, 7) is 7.92. The molecule has 0 radical (unpaired) electrons. The molecule has 0 aliphatic carbocycles. The summed E-state index contributed by atoms with van der Waals surface area (Å²) in [4.78, 5) is 24.9. The van der Waals surface area contributed by atoms with Crippen LogP contribution in [0.5, 0.6) is 5.75 Å². The minimum Gasteiger partial charge on any atom is -0.496 e. The fourth-order valence-corrected chi connectivity index (χ4v) is 2.69. The largest absolute Gasteiger partial charge is 0.496 e. The highest BCUT2D eigenvalue weighted by molar-refractivity contribution is 5.98. The van der Waals surface area contributed by atoms with Crippen molar-refractivity contribution in [3.8, 4) is 5.75 Å². The van der Waals surface area contributed by atoms with Crippen molar-refractivity contribution in [2.45, 2.75) is 40.4 Å². The van der Waals surface area contributed by atoms with Gasteiger partial charge in [0.05, 0.1) is 36.4 Å². The van der Waals surface area contributed by atoms with Crippen LogP contribution in [0.1, 0.15) is 41.2 Å². The molecular formula is C20H27N3O5. The summed E-state index contributed by atoms with van der Waals surface area (Å²) in [6.07, 6.45) is -0.969. The van der Waals surface area contributed by atoms with Gasteiger partial charge in [0.2, 0.25) is 0 Å². The fraction of sp³-hybridized carbons (Fsp3) is 0.450. The Balaban J connectivity index is 2.07. The normalized spacial score (nSPS) is 11.8. The monoisotopic (exact) mass is 389 g/mol. The maximum absolute atomic E-state index is 12.5. The average molecular weight is 389 g/mol. The first-order valence-electron chi connectivity index (χ1n) is 9.05. The van der Waals surface area contributed by atoms with Gasteiger partial charge in [-0.2, -0.15) is 5.10 Å². The molecule has 0 spiro atoms. The Labute approximate surface area is 164 Å². The molecule has 2 rings (SSSR count). The third-order valence-electron chi connectivity index (χ3n) is 4.39. The van der Waals surface area contributed by atoms with Crippen molar-refractivity contribution >= 4 is 17.6 Å². The van der Waals surface area contributed by atoms with Crippen LogP contribution in [-0.4, -0.2) is 41.5 Å². The van der Waals surface area contributed by atoms with E-state index in [1.807, 2.05) is 13.8 Å². The van der Waals surface area contributed by atoms with Gasteiger partial charge in [0.15, 0.2) is 6.10 Å². The number of rotatable bonds is 8. The van der Waals surface area contributed by atoms with Crippen LogP contribution in [0, 0.1) is 13.8 Å². The topological polar surface area (TPSA) is 91.7 Å². The third-order valence-corrected chi connectivity index (χ3v) is 4.39. The number of hydrogen-bond donors (Lipinski definition) is 1. The molecule has 0 aliphatic rings. The quantitative estimate of drug-likeness (QED) is 0.698. The highest BCUT2D eigenvalue weighted by Crippen LogP contribution is 2.22. The van der Waals surface area contributed by atoms with E-state index in [9.17, 15) is 9.59 Å². The van der Waals surface area contributed by atoms with Crippen molar-refractivity contribution in [2.24, 2.45) is 7.05 Å². The van der Waals surface area contributed by atoms with Crippen LogP contribution in [0.15, 0.2) is 18.2 Å². The third kappa shape index (κ3) is 4.89. The molecular weight excluding hydrogens is 362 g/mol. The van der Waals surface area contributed by atoms with Gasteiger partial charge >= 0.3 is 5.97 Å². The van der Waals surface area contributed by atoms with Gasteiger partial charge in [0, 0.05) is 19.2 Å². The molecule has 152 valence electrons. The summed E-state index contributed by atoms with van der Waals surface area (Å²) in [5, 5.41) is 7.03. The molecule has 0 saturated carbocycles. The zero-order chi connectivity index (χ0) is 20.8. The van der Waals surface area contributed by atoms with Crippen molar-refractivity contribution in [2.75, 3.05) is 19.0 Å². The Morgan fingerprint density at radius 1 is 1.29 bits per heavy atom. The van der Waals surface area contributed by atoms with Crippen molar-refractivity contribution < 1.29 is 23.8 Å². The summed E-state index contributed by atoms with van der Waals surface area (Å²) in [5.74, 6) is -0.392. The van der Waals surface area contributed by atoms with Crippen LogP contribution < -0.4 is 10.1 Å². The van der Waals surface area contributed by atoms with E-state index in [-0.39, 0.29) is 0 Å². The highest BCUT2D eigenvalue weighted by atomic mass is 16.5. The summed E-state index contributed by atoms with van der Waals surface area (Å²) in [7, 11) is 3.35. The van der Waals surface area contributed by atoms with Gasteiger partial charge < -0.3 is 19.5 Å². The number of nitrogens with zero attached hydrogens (tertiary/aromatic N) is 2. The second-order valence-electron chi connectivity index (χ2n) is 6.37. The first kappa shape index (κ1) is 21.4. The molecule has 1 aromatic carbocycles. The van der Waals surface area contributed by atoms with Gasteiger partial charge in [-0.3, -0.25) is 9.48 Å². The van der Waals surface area contributed by atoms with E-state index in [1.54, 1.807) is 44.0 Å². The first-order valence-corrected chi connectivity index (χ1v) is 9.05. The Morgan fingerprint density at radius 2 is 2.00 bits per heavy atom. The molecule has 0 aliphatic heterocycles. The smallest absolute Gasteiger partial charge is 0.338 e. The van der Waals surface area contributed by atoms with E-state index in [0.717, 1.165) is 11.3 Å². The zero-order valence-electron chi connectivity index (χ0n) is 17.2. The minimum absolute atomic E-state index is 0.316. The second-order valence-corrected chi connectivity index (χ2v) is 6.37. The zero-order valence-corrected chi connectivity index (χ0v) is 17.2. The van der Waals surface area contributed by atoms with Crippen LogP contribution in [0.4, 0.5) is 5.69 Å². The van der Waals surface area contributed by atoms with Gasteiger partial charge in [0.1, 0.15) is 5.75 Å². The number of carbonyl (C=O) groups excluding carboxylic acids is 2. The molecule has 8 heteroatoms. The molecule has 1 N–H and O–H groups in total. The van der Waals surface area contributed by atoms with E-state index in [0.29, 0.717) is 35.9 Å². The Morgan fingerprint density at radius 3 is 2.57 bits per heavy atom. The number of esters is 1. The number of amides is 1. The molecule has 0 saturated heterocycles. The summed E-state index contributed by atoms with van der Waals surface area (Å²) < 4.78 is 17.7. The number of ether oxygens (including phenoxy) is 3. The summed E-state index contributed by atoms with van der Waals surface area (Å²) in [5.41, 5.74) is 3.20. The maximum Gasteiger partial charge on any atom is 0.338 e. The second kappa shape index (κ2) is 9.36. The number of anilines is 1. The number of carbonyl (C=O) groups is 2. The van der Waals surface area contributed by atoms with Crippen LogP contribution >= 0.6 is 0 Å². The Hall–Kier alpha value is -2.87. The molecule has 1 atom stereocenters. The van der Waals surface area contributed by atoms with E-state index in [2.05, 4.69) is 10.4 Å². The molecule has 1 amide bonds. The van der Waals surface area contributed by atoms with E-state index in [1.165, 1.54) is 6.92 Å². The average Bonchev–Trinajstić information content (AvgIpc) is 2.91. The molecule has 28 heavy (non-hydrogen) atoms. The molecule has 1 aromatic heterocycles. The molecule has 0 unspecified atom stereocenters. The van der Waals surface area contributed by atoms with Gasteiger partial charge in [-0.1, -0.05) is 0 Å². The SMILES string of the molecule is CCOCc1cc(C(=O)O[C@H](C)C(=O)Nc2c(C)nn(C)c2C)ccc1OC. The van der Waals surface area contributed by atoms with Crippen LogP contribution in [0.25, 0.3) is 0 Å².